The van der Waals surface area contributed by atoms with Crippen molar-refractivity contribution in [2.75, 3.05) is 0 Å². The summed E-state index contributed by atoms with van der Waals surface area (Å²) < 4.78 is 28.5. The van der Waals surface area contributed by atoms with Gasteiger partial charge in [-0.3, -0.25) is 4.98 Å². The summed E-state index contributed by atoms with van der Waals surface area (Å²) in [6.07, 6.45) is 9.44. The molecule has 130 valence electrons. The van der Waals surface area contributed by atoms with Crippen LogP contribution < -0.4 is 15.8 Å². The smallest absolute Gasteiger partial charge is 0.387 e. The van der Waals surface area contributed by atoms with E-state index in [0.29, 0.717) is 12.1 Å². The maximum Gasteiger partial charge on any atom is 0.387 e. The highest BCUT2D eigenvalue weighted by molar-refractivity contribution is 6.09. The number of nitrogens with one attached hydrogen (secondary N) is 2. The molecule has 25 heavy (non-hydrogen) atoms. The number of nitrogens with zero attached hydrogens (tertiary/aromatic N) is 1. The van der Waals surface area contributed by atoms with Gasteiger partial charge in [-0.25, -0.2) is 0 Å². The number of nitrogens with two attached hydrogens (primary N) is 1. The summed E-state index contributed by atoms with van der Waals surface area (Å²) in [5.74, 6) is 0.127. The van der Waals surface area contributed by atoms with Crippen LogP contribution in [0.3, 0.4) is 0 Å². The lowest BCUT2D eigenvalue weighted by molar-refractivity contribution is -0.0498. The Kier molecular flexibility index (Phi) is 6.65. The maximum atomic E-state index is 12.1. The fourth-order valence-electron chi connectivity index (χ4n) is 2.13. The second-order valence-corrected chi connectivity index (χ2v) is 4.97. The van der Waals surface area contributed by atoms with Crippen molar-refractivity contribution >= 4 is 17.9 Å². The minimum absolute atomic E-state index is 0.127. The minimum atomic E-state index is -2.82. The second-order valence-electron chi connectivity index (χ2n) is 4.97. The molecule has 0 fully saturated rings. The van der Waals surface area contributed by atoms with Gasteiger partial charge in [0.1, 0.15) is 5.75 Å². The zero-order chi connectivity index (χ0) is 18.1. The average molecular weight is 344 g/mol. The van der Waals surface area contributed by atoms with E-state index in [1.54, 1.807) is 36.8 Å². The van der Waals surface area contributed by atoms with Crippen LogP contribution in [0.5, 0.6) is 5.75 Å². The topological polar surface area (TPSA) is 84.0 Å². The molecular formula is C18H18F2N4O. The zero-order valence-corrected chi connectivity index (χ0v) is 13.3. The van der Waals surface area contributed by atoms with Crippen LogP contribution in [0.4, 0.5) is 8.78 Å². The van der Waals surface area contributed by atoms with Crippen molar-refractivity contribution in [3.8, 4) is 5.75 Å². The fraction of sp³-hybridized carbons (Fsp3) is 0.111. The molecule has 1 heterocycles. The summed E-state index contributed by atoms with van der Waals surface area (Å²) >= 11 is 0. The van der Waals surface area contributed by atoms with E-state index >= 15 is 0 Å². The number of allylic oxidation sites excluding steroid dienone is 1. The first-order valence-corrected chi connectivity index (χ1v) is 7.44. The van der Waals surface area contributed by atoms with Crippen molar-refractivity contribution in [3.63, 3.8) is 0 Å². The molecule has 1 aromatic heterocycles. The number of aromatic nitrogens is 1. The van der Waals surface area contributed by atoms with Crippen molar-refractivity contribution in [3.05, 3.63) is 71.8 Å². The number of rotatable bonds is 8. The molecule has 0 saturated heterocycles. The molecule has 7 heteroatoms. The maximum absolute atomic E-state index is 12.1. The van der Waals surface area contributed by atoms with Crippen molar-refractivity contribution < 1.29 is 13.5 Å². The van der Waals surface area contributed by atoms with Crippen LogP contribution in [0.2, 0.25) is 0 Å². The molecule has 2 aromatic rings. The van der Waals surface area contributed by atoms with Crippen LogP contribution in [0, 0.1) is 5.41 Å². The van der Waals surface area contributed by atoms with E-state index in [2.05, 4.69) is 15.0 Å². The van der Waals surface area contributed by atoms with Crippen LogP contribution in [-0.4, -0.2) is 17.8 Å². The average Bonchev–Trinajstić information content (AvgIpc) is 2.62. The van der Waals surface area contributed by atoms with Gasteiger partial charge in [0.05, 0.1) is 0 Å². The predicted molar refractivity (Wildman–Crippen MR) is 94.1 cm³/mol. The van der Waals surface area contributed by atoms with E-state index in [9.17, 15) is 8.78 Å². The van der Waals surface area contributed by atoms with Crippen LogP contribution in [0.1, 0.15) is 16.7 Å². The summed E-state index contributed by atoms with van der Waals surface area (Å²) in [5, 5.41) is 10.5. The molecule has 0 aliphatic carbocycles. The Morgan fingerprint density at radius 3 is 2.68 bits per heavy atom. The third-order valence-electron chi connectivity index (χ3n) is 3.33. The van der Waals surface area contributed by atoms with E-state index in [1.165, 1.54) is 24.5 Å². The summed E-state index contributed by atoms with van der Waals surface area (Å²) in [7, 11) is 0. The molecule has 0 atom stereocenters. The molecule has 0 aliphatic heterocycles. The third-order valence-corrected chi connectivity index (χ3v) is 3.33. The van der Waals surface area contributed by atoms with E-state index in [1.807, 2.05) is 6.08 Å². The van der Waals surface area contributed by atoms with Crippen LogP contribution in [0.25, 0.3) is 11.6 Å². The van der Waals surface area contributed by atoms with Gasteiger partial charge in [-0.05, 0) is 41.6 Å². The molecule has 0 bridgehead atoms. The highest BCUT2D eigenvalue weighted by Gasteiger charge is 2.04. The van der Waals surface area contributed by atoms with Crippen LogP contribution in [0.15, 0.2) is 55.1 Å². The minimum Gasteiger partial charge on any atom is -0.435 e. The number of benzene rings is 1. The van der Waals surface area contributed by atoms with Gasteiger partial charge in [0.15, 0.2) is 0 Å². The lowest BCUT2D eigenvalue weighted by Crippen LogP contribution is -2.05. The van der Waals surface area contributed by atoms with Crippen molar-refractivity contribution in [1.29, 1.82) is 5.41 Å². The lowest BCUT2D eigenvalue weighted by Gasteiger charge is -2.07. The Bertz CT molecular complexity index is 758. The predicted octanol–water partition coefficient (Wildman–Crippen LogP) is 3.39. The molecule has 2 rings (SSSR count). The van der Waals surface area contributed by atoms with Gasteiger partial charge in [-0.1, -0.05) is 12.1 Å². The highest BCUT2D eigenvalue weighted by Crippen LogP contribution is 2.17. The van der Waals surface area contributed by atoms with E-state index < -0.39 is 6.61 Å². The van der Waals surface area contributed by atoms with Crippen LogP contribution in [-0.2, 0) is 6.54 Å². The number of alkyl halides is 2. The monoisotopic (exact) mass is 344 g/mol. The molecule has 0 radical (unpaired) electrons. The van der Waals surface area contributed by atoms with E-state index in [4.69, 9.17) is 11.1 Å². The number of ether oxygens (including phenoxy) is 1. The van der Waals surface area contributed by atoms with Crippen LogP contribution >= 0.6 is 0 Å². The Balaban J connectivity index is 1.97. The van der Waals surface area contributed by atoms with Gasteiger partial charge in [-0.15, -0.1) is 0 Å². The van der Waals surface area contributed by atoms with Gasteiger partial charge in [-0.2, -0.15) is 8.78 Å². The molecule has 0 aliphatic rings. The quantitative estimate of drug-likeness (QED) is 0.641. The number of halogens is 2. The van der Waals surface area contributed by atoms with Gasteiger partial charge < -0.3 is 21.2 Å². The van der Waals surface area contributed by atoms with Gasteiger partial charge in [0.25, 0.3) is 0 Å². The molecule has 4 N–H and O–H groups in total. The van der Waals surface area contributed by atoms with Gasteiger partial charge in [0, 0.05) is 42.5 Å². The first-order valence-electron chi connectivity index (χ1n) is 7.44. The summed E-state index contributed by atoms with van der Waals surface area (Å²) in [4.78, 5) is 4.07. The number of hydrogen-bond donors (Lipinski definition) is 3. The van der Waals surface area contributed by atoms with Gasteiger partial charge in [0.2, 0.25) is 0 Å². The molecule has 0 unspecified atom stereocenters. The summed E-state index contributed by atoms with van der Waals surface area (Å²) in [6.45, 7) is -2.31. The summed E-state index contributed by atoms with van der Waals surface area (Å²) in [5.41, 5.74) is 8.66. The lowest BCUT2D eigenvalue weighted by atomic mass is 10.0. The summed E-state index contributed by atoms with van der Waals surface area (Å²) in [6, 6.07) is 8.19. The van der Waals surface area contributed by atoms with E-state index in [-0.39, 0.29) is 5.75 Å². The van der Waals surface area contributed by atoms with Crippen molar-refractivity contribution in [2.24, 2.45) is 5.73 Å². The molecule has 0 amide bonds. The Morgan fingerprint density at radius 2 is 2.04 bits per heavy atom. The van der Waals surface area contributed by atoms with E-state index in [0.717, 1.165) is 16.7 Å². The van der Waals surface area contributed by atoms with Crippen molar-refractivity contribution in [1.82, 2.24) is 10.3 Å². The highest BCUT2D eigenvalue weighted by atomic mass is 19.3. The molecule has 0 saturated carbocycles. The zero-order valence-electron chi connectivity index (χ0n) is 13.3. The number of pyridine rings is 1. The standard InChI is InChI=1S/C18H18F2N4O/c19-18(20)25-16-3-1-13(2-4-16)11-23-7-5-14-12-24-8-6-17(14)15(9-21)10-22/h1-10,12,18,21,23H,11,22H2/b7-5+,15-10+,21-9?. The first kappa shape index (κ1) is 18.1. The third kappa shape index (κ3) is 5.42. The molecule has 1 aromatic carbocycles. The molecular weight excluding hydrogens is 326 g/mol. The fourth-order valence-corrected chi connectivity index (χ4v) is 2.13. The van der Waals surface area contributed by atoms with Gasteiger partial charge >= 0.3 is 6.61 Å². The normalized spacial score (nSPS) is 11.7. The Morgan fingerprint density at radius 1 is 1.28 bits per heavy atom. The Hall–Kier alpha value is -3.22. The molecule has 5 nitrogen and oxygen atoms in total. The largest absolute Gasteiger partial charge is 0.435 e. The SMILES string of the molecule is N=C/C(=C\N)c1ccncc1/C=C/NCc1ccc(OC(F)F)cc1. The van der Waals surface area contributed by atoms with Crippen molar-refractivity contribution in [2.45, 2.75) is 13.2 Å². The first-order chi connectivity index (χ1) is 12.1. The number of hydrogen-bond acceptors (Lipinski definition) is 5. The molecule has 0 spiro atoms. The Labute approximate surface area is 144 Å². The second kappa shape index (κ2) is 9.17.